The second-order valence-electron chi connectivity index (χ2n) is 6.16. The zero-order chi connectivity index (χ0) is 20.5. The van der Waals surface area contributed by atoms with Gasteiger partial charge >= 0.3 is 5.97 Å². The standard InChI is InChI=1S/C19H21FN2O4S2/c20-14-7-4-3-6-13(14)12-15-18(26)22(19(27)28-15)11-9-16(23)21-10-5-1-2-8-17(24)25/h3-4,6-7,12H,1-2,5,8-11H2,(H,21,23)(H,24,25)/b15-12-. The van der Waals surface area contributed by atoms with Crippen molar-refractivity contribution in [2.75, 3.05) is 13.1 Å². The number of aliphatic carboxylic acids is 1. The highest BCUT2D eigenvalue weighted by Gasteiger charge is 2.32. The molecular weight excluding hydrogens is 403 g/mol. The second kappa shape index (κ2) is 10.9. The van der Waals surface area contributed by atoms with Crippen LogP contribution < -0.4 is 5.32 Å². The van der Waals surface area contributed by atoms with Crippen molar-refractivity contribution in [2.24, 2.45) is 0 Å². The summed E-state index contributed by atoms with van der Waals surface area (Å²) in [7, 11) is 0. The Morgan fingerprint density at radius 3 is 2.68 bits per heavy atom. The van der Waals surface area contributed by atoms with Crippen LogP contribution in [0.2, 0.25) is 0 Å². The molecule has 1 aliphatic heterocycles. The molecule has 2 N–H and O–H groups in total. The molecule has 6 nitrogen and oxygen atoms in total. The van der Waals surface area contributed by atoms with Gasteiger partial charge in [-0.2, -0.15) is 0 Å². The van der Waals surface area contributed by atoms with Crippen LogP contribution in [-0.2, 0) is 14.4 Å². The molecule has 150 valence electrons. The van der Waals surface area contributed by atoms with Crippen molar-refractivity contribution in [3.8, 4) is 0 Å². The van der Waals surface area contributed by atoms with Gasteiger partial charge in [-0.3, -0.25) is 19.3 Å². The molecule has 1 fully saturated rings. The number of unbranched alkanes of at least 4 members (excludes halogenated alkanes) is 2. The lowest BCUT2D eigenvalue weighted by molar-refractivity contribution is -0.137. The van der Waals surface area contributed by atoms with E-state index in [9.17, 15) is 18.8 Å². The Hall–Kier alpha value is -2.26. The van der Waals surface area contributed by atoms with E-state index in [1.807, 2.05) is 0 Å². The van der Waals surface area contributed by atoms with Crippen molar-refractivity contribution in [1.29, 1.82) is 0 Å². The number of nitrogens with zero attached hydrogens (tertiary/aromatic N) is 1. The molecule has 1 aliphatic rings. The number of nitrogens with one attached hydrogen (secondary N) is 1. The van der Waals surface area contributed by atoms with Crippen LogP contribution in [0.4, 0.5) is 4.39 Å². The molecule has 0 bridgehead atoms. The molecule has 1 aromatic rings. The van der Waals surface area contributed by atoms with Crippen LogP contribution in [0.5, 0.6) is 0 Å². The number of carboxylic acids is 1. The van der Waals surface area contributed by atoms with E-state index in [1.54, 1.807) is 18.2 Å². The molecule has 0 aliphatic carbocycles. The zero-order valence-electron chi connectivity index (χ0n) is 15.2. The minimum Gasteiger partial charge on any atom is -0.481 e. The lowest BCUT2D eigenvalue weighted by Crippen LogP contribution is -2.33. The van der Waals surface area contributed by atoms with Crippen molar-refractivity contribution in [2.45, 2.75) is 32.1 Å². The van der Waals surface area contributed by atoms with Gasteiger partial charge in [0, 0.05) is 31.5 Å². The highest BCUT2D eigenvalue weighted by molar-refractivity contribution is 8.26. The quantitative estimate of drug-likeness (QED) is 0.341. The fourth-order valence-electron chi connectivity index (χ4n) is 2.53. The summed E-state index contributed by atoms with van der Waals surface area (Å²) in [5, 5.41) is 11.3. The molecule has 28 heavy (non-hydrogen) atoms. The van der Waals surface area contributed by atoms with Crippen molar-refractivity contribution < 1.29 is 23.9 Å². The molecule has 2 amide bonds. The first-order chi connectivity index (χ1) is 13.4. The first-order valence-corrected chi connectivity index (χ1v) is 10.1. The van der Waals surface area contributed by atoms with Crippen LogP contribution in [0, 0.1) is 5.82 Å². The molecule has 1 aromatic carbocycles. The van der Waals surface area contributed by atoms with E-state index in [1.165, 1.54) is 17.0 Å². The van der Waals surface area contributed by atoms with E-state index in [2.05, 4.69) is 5.32 Å². The molecule has 0 aromatic heterocycles. The molecule has 1 heterocycles. The largest absolute Gasteiger partial charge is 0.481 e. The molecule has 2 rings (SSSR count). The zero-order valence-corrected chi connectivity index (χ0v) is 16.8. The lowest BCUT2D eigenvalue weighted by atomic mass is 10.2. The van der Waals surface area contributed by atoms with Gasteiger partial charge < -0.3 is 10.4 Å². The number of carbonyl (C=O) groups is 3. The summed E-state index contributed by atoms with van der Waals surface area (Å²) in [6.07, 6.45) is 3.70. The van der Waals surface area contributed by atoms with Crippen molar-refractivity contribution in [3.63, 3.8) is 0 Å². The molecule has 0 saturated carbocycles. The lowest BCUT2D eigenvalue weighted by Gasteiger charge is -2.14. The van der Waals surface area contributed by atoms with Gasteiger partial charge in [-0.05, 0) is 25.0 Å². The Kier molecular flexibility index (Phi) is 8.59. The van der Waals surface area contributed by atoms with Crippen LogP contribution in [0.15, 0.2) is 29.2 Å². The smallest absolute Gasteiger partial charge is 0.303 e. The van der Waals surface area contributed by atoms with Crippen LogP contribution in [0.1, 0.15) is 37.7 Å². The number of amides is 2. The number of carboxylic acid groups (broad SMARTS) is 1. The van der Waals surface area contributed by atoms with Gasteiger partial charge in [0.1, 0.15) is 10.1 Å². The number of hydrogen-bond acceptors (Lipinski definition) is 5. The monoisotopic (exact) mass is 424 g/mol. The number of halogens is 1. The number of thiocarbonyl (C=S) groups is 1. The highest BCUT2D eigenvalue weighted by Crippen LogP contribution is 2.32. The van der Waals surface area contributed by atoms with Crippen LogP contribution in [0.25, 0.3) is 6.08 Å². The Morgan fingerprint density at radius 2 is 1.96 bits per heavy atom. The maximum atomic E-state index is 13.8. The van der Waals surface area contributed by atoms with Crippen LogP contribution in [-0.4, -0.2) is 45.2 Å². The van der Waals surface area contributed by atoms with Gasteiger partial charge in [0.25, 0.3) is 5.91 Å². The van der Waals surface area contributed by atoms with Gasteiger partial charge in [0.2, 0.25) is 5.91 Å². The Morgan fingerprint density at radius 1 is 1.21 bits per heavy atom. The predicted molar refractivity (Wildman–Crippen MR) is 110 cm³/mol. The first-order valence-electron chi connectivity index (χ1n) is 8.87. The van der Waals surface area contributed by atoms with E-state index in [0.29, 0.717) is 34.2 Å². The average molecular weight is 425 g/mol. The first kappa shape index (κ1) is 22.0. The maximum Gasteiger partial charge on any atom is 0.303 e. The van der Waals surface area contributed by atoms with Gasteiger partial charge in [0.15, 0.2) is 0 Å². The maximum absolute atomic E-state index is 13.8. The number of benzene rings is 1. The molecule has 0 radical (unpaired) electrons. The Balaban J connectivity index is 1.77. The second-order valence-corrected chi connectivity index (χ2v) is 7.83. The van der Waals surface area contributed by atoms with Crippen LogP contribution in [0.3, 0.4) is 0 Å². The summed E-state index contributed by atoms with van der Waals surface area (Å²) >= 11 is 6.29. The Bertz CT molecular complexity index is 798. The third-order valence-electron chi connectivity index (χ3n) is 4.02. The number of hydrogen-bond donors (Lipinski definition) is 2. The number of carbonyl (C=O) groups excluding carboxylic acids is 2. The normalized spacial score (nSPS) is 15.3. The third kappa shape index (κ3) is 6.72. The van der Waals surface area contributed by atoms with Crippen LogP contribution >= 0.6 is 24.0 Å². The van der Waals surface area contributed by atoms with E-state index >= 15 is 0 Å². The van der Waals surface area contributed by atoms with Gasteiger partial charge in [-0.1, -0.05) is 48.6 Å². The van der Waals surface area contributed by atoms with E-state index < -0.39 is 11.8 Å². The molecule has 1 saturated heterocycles. The highest BCUT2D eigenvalue weighted by atomic mass is 32.2. The molecule has 0 atom stereocenters. The fourth-order valence-corrected chi connectivity index (χ4v) is 3.83. The Labute approximate surface area is 172 Å². The van der Waals surface area contributed by atoms with Gasteiger partial charge in [-0.25, -0.2) is 4.39 Å². The average Bonchev–Trinajstić information content (AvgIpc) is 2.91. The van der Waals surface area contributed by atoms with Crippen molar-refractivity contribution >= 4 is 52.2 Å². The van der Waals surface area contributed by atoms with Crippen molar-refractivity contribution in [3.05, 3.63) is 40.6 Å². The molecule has 0 unspecified atom stereocenters. The minimum absolute atomic E-state index is 0.106. The van der Waals surface area contributed by atoms with E-state index in [4.69, 9.17) is 17.3 Å². The summed E-state index contributed by atoms with van der Waals surface area (Å²) in [6, 6.07) is 6.15. The SMILES string of the molecule is O=C(O)CCCCCNC(=O)CCN1C(=O)/C(=C/c2ccccc2F)SC1=S. The minimum atomic E-state index is -0.823. The topological polar surface area (TPSA) is 86.7 Å². The van der Waals surface area contributed by atoms with Gasteiger partial charge in [-0.15, -0.1) is 0 Å². The summed E-state index contributed by atoms with van der Waals surface area (Å²) in [4.78, 5) is 36.5. The van der Waals surface area contributed by atoms with Gasteiger partial charge in [0.05, 0.1) is 4.91 Å². The van der Waals surface area contributed by atoms with E-state index in [-0.39, 0.29) is 31.2 Å². The number of thioether (sulfide) groups is 1. The fraction of sp³-hybridized carbons (Fsp3) is 0.368. The third-order valence-corrected chi connectivity index (χ3v) is 5.40. The molecule has 0 spiro atoms. The number of rotatable bonds is 10. The summed E-state index contributed by atoms with van der Waals surface area (Å²) in [5.41, 5.74) is 0.309. The summed E-state index contributed by atoms with van der Waals surface area (Å²) in [6.45, 7) is 0.619. The molecule has 9 heteroatoms. The predicted octanol–water partition coefficient (Wildman–Crippen LogP) is 3.18. The van der Waals surface area contributed by atoms with E-state index in [0.717, 1.165) is 18.2 Å². The summed E-state index contributed by atoms with van der Waals surface area (Å²) < 4.78 is 14.1. The molecular formula is C19H21FN2O4S2. The summed E-state index contributed by atoms with van der Waals surface area (Å²) in [5.74, 6) is -1.78. The van der Waals surface area contributed by atoms with Crippen molar-refractivity contribution in [1.82, 2.24) is 10.2 Å².